The monoisotopic (exact) mass is 312 g/mol. The Bertz CT molecular complexity index is 574. The molecule has 2 aromatic rings. The molecule has 0 radical (unpaired) electrons. The Morgan fingerprint density at radius 2 is 1.33 bits per heavy atom. The maximum Gasteiger partial charge on any atom is 0.573 e. The van der Waals surface area contributed by atoms with E-state index in [4.69, 9.17) is 0 Å². The molecule has 0 spiro atoms. The molecule has 2 aromatic carbocycles. The molecule has 21 heavy (non-hydrogen) atoms. The van der Waals surface area contributed by atoms with Crippen LogP contribution >= 0.6 is 11.8 Å². The van der Waals surface area contributed by atoms with Crippen LogP contribution in [0.15, 0.2) is 58.3 Å². The Hall–Kier alpha value is -1.62. The van der Waals surface area contributed by atoms with Gasteiger partial charge in [-0.25, -0.2) is 0 Å². The fraction of sp³-hybridized carbons (Fsp3) is 0.250. The van der Waals surface area contributed by atoms with Crippen molar-refractivity contribution in [3.63, 3.8) is 0 Å². The topological polar surface area (TPSA) is 9.23 Å². The molecule has 0 N–H and O–H groups in total. The summed E-state index contributed by atoms with van der Waals surface area (Å²) in [4.78, 5) is 1.91. The van der Waals surface area contributed by atoms with Gasteiger partial charge in [0, 0.05) is 9.79 Å². The first-order chi connectivity index (χ1) is 9.83. The lowest BCUT2D eigenvalue weighted by atomic mass is 10.0. The Kier molecular flexibility index (Phi) is 4.83. The zero-order valence-corrected chi connectivity index (χ0v) is 12.5. The van der Waals surface area contributed by atoms with Gasteiger partial charge in [-0.1, -0.05) is 37.7 Å². The van der Waals surface area contributed by atoms with Crippen LogP contribution in [0.25, 0.3) is 0 Å². The lowest BCUT2D eigenvalue weighted by Crippen LogP contribution is -2.16. The predicted octanol–water partition coefficient (Wildman–Crippen LogP) is 5.86. The van der Waals surface area contributed by atoms with E-state index in [1.807, 2.05) is 12.1 Å². The molecule has 0 aromatic heterocycles. The van der Waals surface area contributed by atoms with Crippen molar-refractivity contribution in [3.05, 3.63) is 54.1 Å². The molecular weight excluding hydrogens is 297 g/mol. The molecule has 0 amide bonds. The predicted molar refractivity (Wildman–Crippen MR) is 77.8 cm³/mol. The van der Waals surface area contributed by atoms with Gasteiger partial charge in [-0.05, 0) is 47.9 Å². The summed E-state index contributed by atoms with van der Waals surface area (Å²) in [5, 5.41) is 0. The molecule has 0 aliphatic carbocycles. The Morgan fingerprint density at radius 1 is 0.857 bits per heavy atom. The van der Waals surface area contributed by atoms with Gasteiger partial charge in [-0.2, -0.15) is 0 Å². The van der Waals surface area contributed by atoms with Gasteiger partial charge in [-0.3, -0.25) is 0 Å². The van der Waals surface area contributed by atoms with Gasteiger partial charge in [0.05, 0.1) is 0 Å². The normalized spacial score (nSPS) is 11.7. The van der Waals surface area contributed by atoms with Crippen LogP contribution in [0.4, 0.5) is 13.2 Å². The highest BCUT2D eigenvalue weighted by Crippen LogP contribution is 2.31. The van der Waals surface area contributed by atoms with E-state index in [0.717, 1.165) is 9.79 Å². The number of benzene rings is 2. The standard InChI is InChI=1S/C16H15F3OS/c1-11(2)12-3-7-14(8-4-12)21-15-9-5-13(6-10-15)20-16(17,18)19/h3-11H,1-2H3. The van der Waals surface area contributed by atoms with E-state index >= 15 is 0 Å². The lowest BCUT2D eigenvalue weighted by Gasteiger charge is -2.09. The molecule has 0 unspecified atom stereocenters. The summed E-state index contributed by atoms with van der Waals surface area (Å²) in [6.07, 6.45) is -4.65. The highest BCUT2D eigenvalue weighted by molar-refractivity contribution is 7.99. The average Bonchev–Trinajstić information content (AvgIpc) is 2.40. The summed E-state index contributed by atoms with van der Waals surface area (Å²) < 4.78 is 40.0. The van der Waals surface area contributed by atoms with Crippen LogP contribution in [0.1, 0.15) is 25.3 Å². The van der Waals surface area contributed by atoms with Crippen LogP contribution in [0.5, 0.6) is 5.75 Å². The molecule has 0 saturated heterocycles. The first kappa shape index (κ1) is 15.8. The minimum atomic E-state index is -4.65. The summed E-state index contributed by atoms with van der Waals surface area (Å²) in [6.45, 7) is 4.25. The molecule has 2 rings (SSSR count). The molecule has 0 bridgehead atoms. The second-order valence-electron chi connectivity index (χ2n) is 4.85. The van der Waals surface area contributed by atoms with Crippen LogP contribution in [0.3, 0.4) is 0 Å². The fourth-order valence-electron chi connectivity index (χ4n) is 1.77. The van der Waals surface area contributed by atoms with Gasteiger partial charge in [0.1, 0.15) is 5.75 Å². The van der Waals surface area contributed by atoms with Crippen molar-refractivity contribution >= 4 is 11.8 Å². The van der Waals surface area contributed by atoms with Gasteiger partial charge >= 0.3 is 6.36 Å². The smallest absolute Gasteiger partial charge is 0.406 e. The number of halogens is 3. The maximum atomic E-state index is 12.1. The second kappa shape index (κ2) is 6.43. The number of hydrogen-bond donors (Lipinski definition) is 0. The van der Waals surface area contributed by atoms with Crippen LogP contribution in [-0.2, 0) is 0 Å². The average molecular weight is 312 g/mol. The van der Waals surface area contributed by atoms with Gasteiger partial charge in [0.2, 0.25) is 0 Å². The molecular formula is C16H15F3OS. The van der Waals surface area contributed by atoms with Gasteiger partial charge in [-0.15, -0.1) is 13.2 Å². The molecule has 0 atom stereocenters. The quantitative estimate of drug-likeness (QED) is 0.699. The minimum Gasteiger partial charge on any atom is -0.406 e. The summed E-state index contributed by atoms with van der Waals surface area (Å²) in [6, 6.07) is 14.0. The van der Waals surface area contributed by atoms with E-state index in [1.54, 1.807) is 12.1 Å². The van der Waals surface area contributed by atoms with Crippen molar-refractivity contribution in [1.82, 2.24) is 0 Å². The first-order valence-electron chi connectivity index (χ1n) is 6.47. The second-order valence-corrected chi connectivity index (χ2v) is 5.99. The third-order valence-corrected chi connectivity index (χ3v) is 3.86. The highest BCUT2D eigenvalue weighted by atomic mass is 32.2. The number of ether oxygens (including phenoxy) is 1. The molecule has 112 valence electrons. The minimum absolute atomic E-state index is 0.206. The molecule has 1 nitrogen and oxygen atoms in total. The fourth-order valence-corrected chi connectivity index (χ4v) is 2.58. The van der Waals surface area contributed by atoms with Crippen molar-refractivity contribution < 1.29 is 17.9 Å². The Labute approximate surface area is 126 Å². The third-order valence-electron chi connectivity index (χ3n) is 2.84. The van der Waals surface area contributed by atoms with Crippen molar-refractivity contribution in [1.29, 1.82) is 0 Å². The van der Waals surface area contributed by atoms with Crippen LogP contribution < -0.4 is 4.74 Å². The van der Waals surface area contributed by atoms with Crippen molar-refractivity contribution in [2.45, 2.75) is 35.9 Å². The van der Waals surface area contributed by atoms with Crippen molar-refractivity contribution in [2.24, 2.45) is 0 Å². The number of alkyl halides is 3. The number of rotatable bonds is 4. The van der Waals surface area contributed by atoms with Gasteiger partial charge in [0.25, 0.3) is 0 Å². The van der Waals surface area contributed by atoms with E-state index in [-0.39, 0.29) is 5.75 Å². The van der Waals surface area contributed by atoms with Crippen LogP contribution in [0, 0.1) is 0 Å². The Morgan fingerprint density at radius 3 is 1.76 bits per heavy atom. The SMILES string of the molecule is CC(C)c1ccc(Sc2ccc(OC(F)(F)F)cc2)cc1. The van der Waals surface area contributed by atoms with E-state index in [9.17, 15) is 13.2 Å². The number of hydrogen-bond acceptors (Lipinski definition) is 2. The maximum absolute atomic E-state index is 12.1. The lowest BCUT2D eigenvalue weighted by molar-refractivity contribution is -0.274. The molecule has 5 heteroatoms. The molecule has 0 heterocycles. The van der Waals surface area contributed by atoms with Gasteiger partial charge in [0.15, 0.2) is 0 Å². The highest BCUT2D eigenvalue weighted by Gasteiger charge is 2.30. The van der Waals surface area contributed by atoms with E-state index in [0.29, 0.717) is 5.92 Å². The van der Waals surface area contributed by atoms with Crippen LogP contribution in [-0.4, -0.2) is 6.36 Å². The summed E-state index contributed by atoms with van der Waals surface area (Å²) in [5.74, 6) is 0.268. The summed E-state index contributed by atoms with van der Waals surface area (Å²) in [7, 11) is 0. The largest absolute Gasteiger partial charge is 0.573 e. The zero-order valence-electron chi connectivity index (χ0n) is 11.6. The Balaban J connectivity index is 2.03. The molecule has 0 aliphatic rings. The van der Waals surface area contributed by atoms with Crippen molar-refractivity contribution in [3.8, 4) is 5.75 Å². The van der Waals surface area contributed by atoms with Crippen LogP contribution in [0.2, 0.25) is 0 Å². The molecule has 0 aliphatic heterocycles. The molecule has 0 saturated carbocycles. The first-order valence-corrected chi connectivity index (χ1v) is 7.29. The summed E-state index contributed by atoms with van der Waals surface area (Å²) in [5.41, 5.74) is 1.26. The van der Waals surface area contributed by atoms with Crippen molar-refractivity contribution in [2.75, 3.05) is 0 Å². The van der Waals surface area contributed by atoms with E-state index < -0.39 is 6.36 Å². The van der Waals surface area contributed by atoms with E-state index in [2.05, 4.69) is 30.7 Å². The summed E-state index contributed by atoms with van der Waals surface area (Å²) >= 11 is 1.50. The van der Waals surface area contributed by atoms with Gasteiger partial charge < -0.3 is 4.74 Å². The van der Waals surface area contributed by atoms with E-state index in [1.165, 1.54) is 29.5 Å². The molecule has 0 fully saturated rings. The zero-order chi connectivity index (χ0) is 15.5. The third kappa shape index (κ3) is 5.01.